The zero-order valence-corrected chi connectivity index (χ0v) is 12.1. The summed E-state index contributed by atoms with van der Waals surface area (Å²) in [6.45, 7) is 0.702. The molecule has 1 aliphatic rings. The third-order valence-electron chi connectivity index (χ3n) is 3.99. The lowest BCUT2D eigenvalue weighted by Crippen LogP contribution is -2.25. The molecule has 3 rings (SSSR count). The van der Waals surface area contributed by atoms with Gasteiger partial charge >= 0.3 is 0 Å². The van der Waals surface area contributed by atoms with Gasteiger partial charge in [-0.1, -0.05) is 29.8 Å². The first kappa shape index (κ1) is 13.8. The number of hydrogen-bond acceptors (Lipinski definition) is 2. The summed E-state index contributed by atoms with van der Waals surface area (Å²) >= 11 is 0. The van der Waals surface area contributed by atoms with Crippen molar-refractivity contribution >= 4 is 16.8 Å². The zero-order valence-electron chi connectivity index (χ0n) is 12.1. The maximum absolute atomic E-state index is 12.3. The van der Waals surface area contributed by atoms with Gasteiger partial charge < -0.3 is 5.32 Å². The van der Waals surface area contributed by atoms with E-state index < -0.39 is 0 Å². The average molecular weight is 280 g/mol. The molecule has 1 amide bonds. The van der Waals surface area contributed by atoms with E-state index in [9.17, 15) is 4.79 Å². The highest BCUT2D eigenvalue weighted by atomic mass is 16.1. The number of carbonyl (C=O) groups excluding carboxylic acids is 1. The van der Waals surface area contributed by atoms with Crippen molar-refractivity contribution in [3.63, 3.8) is 0 Å². The van der Waals surface area contributed by atoms with Crippen LogP contribution in [0.25, 0.3) is 10.9 Å². The molecule has 1 aromatic heterocycles. The van der Waals surface area contributed by atoms with Crippen LogP contribution in [0.5, 0.6) is 0 Å². The highest BCUT2D eigenvalue weighted by Crippen LogP contribution is 2.20. The van der Waals surface area contributed by atoms with Crippen LogP contribution < -0.4 is 5.32 Å². The lowest BCUT2D eigenvalue weighted by molar-refractivity contribution is 0.0955. The van der Waals surface area contributed by atoms with E-state index in [1.54, 1.807) is 6.20 Å². The Balaban J connectivity index is 1.65. The molecule has 0 fully saturated rings. The van der Waals surface area contributed by atoms with E-state index in [4.69, 9.17) is 0 Å². The van der Waals surface area contributed by atoms with E-state index in [1.807, 2.05) is 30.3 Å². The number of nitrogens with one attached hydrogen (secondary N) is 1. The fraction of sp³-hybridized carbons (Fsp3) is 0.333. The third-order valence-corrected chi connectivity index (χ3v) is 3.99. The molecule has 3 heteroatoms. The molecule has 0 spiro atoms. The Morgan fingerprint density at radius 2 is 2.10 bits per heavy atom. The van der Waals surface area contributed by atoms with Gasteiger partial charge in [-0.25, -0.2) is 0 Å². The van der Waals surface area contributed by atoms with E-state index in [-0.39, 0.29) is 5.91 Å². The lowest BCUT2D eigenvalue weighted by atomic mass is 9.97. The van der Waals surface area contributed by atoms with Crippen LogP contribution in [0.3, 0.4) is 0 Å². The fourth-order valence-electron chi connectivity index (χ4n) is 2.85. The van der Waals surface area contributed by atoms with E-state index in [2.05, 4.69) is 16.4 Å². The standard InChI is InChI=1S/C18H20N2O/c21-18(20-13-11-14-6-2-1-3-7-14)16-10-4-8-15-9-5-12-19-17(15)16/h4-6,8-10,12H,1-3,7,11,13H2,(H,20,21). The molecule has 1 aliphatic carbocycles. The molecule has 0 saturated heterocycles. The largest absolute Gasteiger partial charge is 0.352 e. The normalized spacial score (nSPS) is 14.8. The topological polar surface area (TPSA) is 42.0 Å². The number of carbonyl (C=O) groups is 1. The van der Waals surface area contributed by atoms with Crippen molar-refractivity contribution in [3.05, 3.63) is 53.7 Å². The van der Waals surface area contributed by atoms with Crippen LogP contribution in [0.2, 0.25) is 0 Å². The van der Waals surface area contributed by atoms with Crippen molar-refractivity contribution < 1.29 is 4.79 Å². The summed E-state index contributed by atoms with van der Waals surface area (Å²) in [5.41, 5.74) is 2.91. The minimum Gasteiger partial charge on any atom is -0.352 e. The Hall–Kier alpha value is -2.16. The molecule has 1 aromatic carbocycles. The van der Waals surface area contributed by atoms with E-state index in [0.717, 1.165) is 17.3 Å². The van der Waals surface area contributed by atoms with Crippen molar-refractivity contribution in [2.24, 2.45) is 0 Å². The van der Waals surface area contributed by atoms with Crippen molar-refractivity contribution in [1.29, 1.82) is 0 Å². The third kappa shape index (κ3) is 3.30. The van der Waals surface area contributed by atoms with E-state index in [0.29, 0.717) is 12.1 Å². The van der Waals surface area contributed by atoms with Gasteiger partial charge in [0.1, 0.15) is 0 Å². The van der Waals surface area contributed by atoms with E-state index in [1.165, 1.54) is 31.3 Å². The maximum atomic E-state index is 12.3. The van der Waals surface area contributed by atoms with Gasteiger partial charge in [0.15, 0.2) is 0 Å². The number of benzene rings is 1. The molecule has 0 unspecified atom stereocenters. The first-order valence-corrected chi connectivity index (χ1v) is 7.64. The minimum atomic E-state index is -0.0318. The summed E-state index contributed by atoms with van der Waals surface area (Å²) < 4.78 is 0. The number of rotatable bonds is 4. The number of hydrogen-bond donors (Lipinski definition) is 1. The molecule has 21 heavy (non-hydrogen) atoms. The SMILES string of the molecule is O=C(NCCC1=CCCCC1)c1cccc2cccnc12. The molecule has 1 N–H and O–H groups in total. The predicted molar refractivity (Wildman–Crippen MR) is 85.2 cm³/mol. The van der Waals surface area contributed by atoms with Gasteiger partial charge in [0, 0.05) is 18.1 Å². The molecule has 108 valence electrons. The number of nitrogens with zero attached hydrogens (tertiary/aromatic N) is 1. The Morgan fingerprint density at radius 1 is 1.19 bits per heavy atom. The van der Waals surface area contributed by atoms with Crippen LogP contribution in [0.4, 0.5) is 0 Å². The van der Waals surface area contributed by atoms with Crippen LogP contribution in [-0.2, 0) is 0 Å². The first-order valence-electron chi connectivity index (χ1n) is 7.64. The van der Waals surface area contributed by atoms with Gasteiger partial charge in [0.2, 0.25) is 0 Å². The van der Waals surface area contributed by atoms with Crippen LogP contribution in [-0.4, -0.2) is 17.4 Å². The second-order valence-electron chi connectivity index (χ2n) is 5.49. The second-order valence-corrected chi connectivity index (χ2v) is 5.49. The van der Waals surface area contributed by atoms with Crippen LogP contribution >= 0.6 is 0 Å². The maximum Gasteiger partial charge on any atom is 0.253 e. The number of aromatic nitrogens is 1. The number of fused-ring (bicyclic) bond motifs is 1. The second kappa shape index (κ2) is 6.53. The van der Waals surface area contributed by atoms with Crippen LogP contribution in [0.1, 0.15) is 42.5 Å². The summed E-state index contributed by atoms with van der Waals surface area (Å²) in [6, 6.07) is 9.59. The molecular formula is C18H20N2O. The molecule has 0 saturated carbocycles. The quantitative estimate of drug-likeness (QED) is 0.864. The summed E-state index contributed by atoms with van der Waals surface area (Å²) in [5, 5.41) is 4.02. The van der Waals surface area contributed by atoms with Gasteiger partial charge in [-0.2, -0.15) is 0 Å². The summed E-state index contributed by atoms with van der Waals surface area (Å²) in [7, 11) is 0. The zero-order chi connectivity index (χ0) is 14.5. The van der Waals surface area contributed by atoms with Gasteiger partial charge in [0.05, 0.1) is 11.1 Å². The molecule has 0 atom stereocenters. The van der Waals surface area contributed by atoms with Gasteiger partial charge in [0.25, 0.3) is 5.91 Å². The molecular weight excluding hydrogens is 260 g/mol. The predicted octanol–water partition coefficient (Wildman–Crippen LogP) is 3.86. The minimum absolute atomic E-state index is 0.0318. The summed E-state index contributed by atoms with van der Waals surface area (Å²) in [5.74, 6) is -0.0318. The highest BCUT2D eigenvalue weighted by Gasteiger charge is 2.10. The first-order chi connectivity index (χ1) is 10.3. The fourth-order valence-corrected chi connectivity index (χ4v) is 2.85. The monoisotopic (exact) mass is 280 g/mol. The smallest absolute Gasteiger partial charge is 0.253 e. The van der Waals surface area contributed by atoms with Crippen molar-refractivity contribution in [2.75, 3.05) is 6.54 Å². The lowest BCUT2D eigenvalue weighted by Gasteiger charge is -2.13. The van der Waals surface area contributed by atoms with Gasteiger partial charge in [-0.05, 0) is 44.2 Å². The van der Waals surface area contributed by atoms with Crippen molar-refractivity contribution in [3.8, 4) is 0 Å². The molecule has 0 bridgehead atoms. The van der Waals surface area contributed by atoms with Crippen molar-refractivity contribution in [1.82, 2.24) is 10.3 Å². The Bertz CT molecular complexity index is 670. The molecule has 0 radical (unpaired) electrons. The van der Waals surface area contributed by atoms with Gasteiger partial charge in [-0.3, -0.25) is 9.78 Å². The molecule has 0 aliphatic heterocycles. The Kier molecular flexibility index (Phi) is 4.29. The van der Waals surface area contributed by atoms with Crippen LogP contribution in [0, 0.1) is 0 Å². The summed E-state index contributed by atoms with van der Waals surface area (Å²) in [6.07, 6.45) is 9.98. The Morgan fingerprint density at radius 3 is 2.95 bits per heavy atom. The average Bonchev–Trinajstić information content (AvgIpc) is 2.55. The molecule has 3 nitrogen and oxygen atoms in total. The van der Waals surface area contributed by atoms with E-state index >= 15 is 0 Å². The number of pyridine rings is 1. The summed E-state index contributed by atoms with van der Waals surface area (Å²) in [4.78, 5) is 16.7. The Labute approximate surface area is 125 Å². The number of allylic oxidation sites excluding steroid dienone is 1. The number of para-hydroxylation sites is 1. The van der Waals surface area contributed by atoms with Crippen molar-refractivity contribution in [2.45, 2.75) is 32.1 Å². The molecule has 1 heterocycles. The van der Waals surface area contributed by atoms with Gasteiger partial charge in [-0.15, -0.1) is 0 Å². The van der Waals surface area contributed by atoms with Crippen LogP contribution in [0.15, 0.2) is 48.2 Å². The molecule has 2 aromatic rings. The highest BCUT2D eigenvalue weighted by molar-refractivity contribution is 6.05. The number of amides is 1.